The summed E-state index contributed by atoms with van der Waals surface area (Å²) in [5.41, 5.74) is 1.02. The summed E-state index contributed by atoms with van der Waals surface area (Å²) in [6.45, 7) is 7.68. The molecular formula is C18H26N2O2. The molecule has 1 aromatic carbocycles. The van der Waals surface area contributed by atoms with Crippen molar-refractivity contribution < 1.29 is 9.53 Å². The van der Waals surface area contributed by atoms with E-state index in [1.807, 2.05) is 41.3 Å². The van der Waals surface area contributed by atoms with Crippen molar-refractivity contribution in [1.29, 1.82) is 0 Å². The van der Waals surface area contributed by atoms with Crippen LogP contribution >= 0.6 is 0 Å². The zero-order valence-corrected chi connectivity index (χ0v) is 13.4. The number of hydrogen-bond acceptors (Lipinski definition) is 3. The Balaban J connectivity index is 1.69. The number of likely N-dealkylation sites (N-methyl/N-ethyl adjacent to an activating group) is 1. The highest BCUT2D eigenvalue weighted by atomic mass is 16.6. The summed E-state index contributed by atoms with van der Waals surface area (Å²) in [6, 6.07) is 9.80. The summed E-state index contributed by atoms with van der Waals surface area (Å²) < 4.78 is 5.39. The summed E-state index contributed by atoms with van der Waals surface area (Å²) in [6.07, 6.45) is 3.82. The van der Waals surface area contributed by atoms with Gasteiger partial charge in [-0.15, -0.1) is 6.58 Å². The predicted molar refractivity (Wildman–Crippen MR) is 88.6 cm³/mol. The maximum absolute atomic E-state index is 12.1. The Bertz CT molecular complexity index is 467. The van der Waals surface area contributed by atoms with E-state index in [-0.39, 0.29) is 6.09 Å². The molecule has 22 heavy (non-hydrogen) atoms. The van der Waals surface area contributed by atoms with E-state index >= 15 is 0 Å². The molecular weight excluding hydrogens is 276 g/mol. The Morgan fingerprint density at radius 3 is 2.68 bits per heavy atom. The van der Waals surface area contributed by atoms with Crippen molar-refractivity contribution in [3.63, 3.8) is 0 Å². The van der Waals surface area contributed by atoms with Crippen molar-refractivity contribution in [3.8, 4) is 0 Å². The second kappa shape index (κ2) is 8.59. The fraction of sp³-hybridized carbons (Fsp3) is 0.500. The van der Waals surface area contributed by atoms with Gasteiger partial charge in [0.25, 0.3) is 0 Å². The lowest BCUT2D eigenvalue weighted by Crippen LogP contribution is -2.41. The number of nitrogens with zero attached hydrogens (tertiary/aromatic N) is 2. The molecule has 1 heterocycles. The lowest BCUT2D eigenvalue weighted by Gasteiger charge is -2.33. The molecule has 4 heteroatoms. The third kappa shape index (κ3) is 5.19. The van der Waals surface area contributed by atoms with E-state index in [0.29, 0.717) is 12.5 Å². The van der Waals surface area contributed by atoms with Gasteiger partial charge in [0.2, 0.25) is 0 Å². The average Bonchev–Trinajstić information content (AvgIpc) is 2.54. The first-order valence-electron chi connectivity index (χ1n) is 7.94. The summed E-state index contributed by atoms with van der Waals surface area (Å²) in [7, 11) is 2.11. The zero-order valence-electron chi connectivity index (χ0n) is 13.4. The molecule has 2 rings (SSSR count). The van der Waals surface area contributed by atoms with Crippen LogP contribution in [-0.4, -0.2) is 49.1 Å². The van der Waals surface area contributed by atoms with Crippen molar-refractivity contribution in [1.82, 2.24) is 9.80 Å². The first kappa shape index (κ1) is 16.6. The molecule has 0 atom stereocenters. The molecule has 120 valence electrons. The largest absolute Gasteiger partial charge is 0.445 e. The number of amides is 1. The van der Waals surface area contributed by atoms with Crippen LogP contribution in [0.5, 0.6) is 0 Å². The first-order chi connectivity index (χ1) is 10.7. The molecule has 1 aliphatic rings. The van der Waals surface area contributed by atoms with Crippen molar-refractivity contribution >= 4 is 6.09 Å². The summed E-state index contributed by atoms with van der Waals surface area (Å²) in [5, 5.41) is 0. The SMILES string of the molecule is C=CCN(C)CC1CCN(C(=O)OCc2ccccc2)CC1. The number of rotatable bonds is 6. The minimum absolute atomic E-state index is 0.193. The van der Waals surface area contributed by atoms with E-state index in [4.69, 9.17) is 4.74 Å². The number of ether oxygens (including phenoxy) is 1. The highest BCUT2D eigenvalue weighted by Crippen LogP contribution is 2.19. The Kier molecular flexibility index (Phi) is 6.46. The van der Waals surface area contributed by atoms with E-state index < -0.39 is 0 Å². The van der Waals surface area contributed by atoms with Crippen LogP contribution in [-0.2, 0) is 11.3 Å². The van der Waals surface area contributed by atoms with E-state index in [1.54, 1.807) is 0 Å². The van der Waals surface area contributed by atoms with Crippen LogP contribution in [0, 0.1) is 5.92 Å². The van der Waals surface area contributed by atoms with Gasteiger partial charge in [-0.3, -0.25) is 0 Å². The van der Waals surface area contributed by atoms with Gasteiger partial charge >= 0.3 is 6.09 Å². The maximum Gasteiger partial charge on any atom is 0.410 e. The van der Waals surface area contributed by atoms with Gasteiger partial charge in [-0.2, -0.15) is 0 Å². The fourth-order valence-corrected chi connectivity index (χ4v) is 2.84. The molecule has 0 N–H and O–H groups in total. The Labute approximate surface area is 133 Å². The average molecular weight is 302 g/mol. The molecule has 4 nitrogen and oxygen atoms in total. The van der Waals surface area contributed by atoms with Crippen LogP contribution in [0.4, 0.5) is 4.79 Å². The van der Waals surface area contributed by atoms with Crippen LogP contribution in [0.3, 0.4) is 0 Å². The smallest absolute Gasteiger partial charge is 0.410 e. The molecule has 1 fully saturated rings. The molecule has 1 aliphatic heterocycles. The highest BCUT2D eigenvalue weighted by molar-refractivity contribution is 5.67. The van der Waals surface area contributed by atoms with Crippen LogP contribution in [0.2, 0.25) is 0 Å². The third-order valence-corrected chi connectivity index (χ3v) is 4.09. The molecule has 1 saturated heterocycles. The molecule has 0 spiro atoms. The standard InChI is InChI=1S/C18H26N2O2/c1-3-11-19(2)14-16-9-12-20(13-10-16)18(21)22-15-17-7-5-4-6-8-17/h3-8,16H,1,9-15H2,2H3. The predicted octanol–water partition coefficient (Wildman–Crippen LogP) is 3.15. The lowest BCUT2D eigenvalue weighted by atomic mass is 9.96. The van der Waals surface area contributed by atoms with Gasteiger partial charge in [0, 0.05) is 26.2 Å². The first-order valence-corrected chi connectivity index (χ1v) is 7.94. The zero-order chi connectivity index (χ0) is 15.8. The molecule has 0 unspecified atom stereocenters. The number of hydrogen-bond donors (Lipinski definition) is 0. The number of benzene rings is 1. The summed E-state index contributed by atoms with van der Waals surface area (Å²) in [5.74, 6) is 0.656. The molecule has 0 radical (unpaired) electrons. The molecule has 1 aromatic rings. The van der Waals surface area contributed by atoms with Gasteiger partial charge in [0.1, 0.15) is 6.61 Å². The Morgan fingerprint density at radius 2 is 2.05 bits per heavy atom. The van der Waals surface area contributed by atoms with Crippen LogP contribution < -0.4 is 0 Å². The topological polar surface area (TPSA) is 32.8 Å². The highest BCUT2D eigenvalue weighted by Gasteiger charge is 2.24. The number of likely N-dealkylation sites (tertiary alicyclic amines) is 1. The maximum atomic E-state index is 12.1. The second-order valence-corrected chi connectivity index (χ2v) is 5.98. The molecule has 0 aliphatic carbocycles. The van der Waals surface area contributed by atoms with E-state index in [9.17, 15) is 4.79 Å². The molecule has 0 saturated carbocycles. The van der Waals surface area contributed by atoms with Crippen molar-refractivity contribution in [2.24, 2.45) is 5.92 Å². The number of carbonyl (C=O) groups excluding carboxylic acids is 1. The van der Waals surface area contributed by atoms with Crippen LogP contribution in [0.15, 0.2) is 43.0 Å². The van der Waals surface area contributed by atoms with Crippen molar-refractivity contribution in [2.75, 3.05) is 33.2 Å². The monoisotopic (exact) mass is 302 g/mol. The molecule has 0 aromatic heterocycles. The van der Waals surface area contributed by atoms with Crippen LogP contribution in [0.1, 0.15) is 18.4 Å². The normalized spacial score (nSPS) is 15.8. The van der Waals surface area contributed by atoms with Crippen molar-refractivity contribution in [2.45, 2.75) is 19.4 Å². The van der Waals surface area contributed by atoms with Gasteiger partial charge in [-0.1, -0.05) is 36.4 Å². The number of piperidine rings is 1. The molecule has 1 amide bonds. The van der Waals surface area contributed by atoms with Gasteiger partial charge < -0.3 is 14.5 Å². The lowest BCUT2D eigenvalue weighted by molar-refractivity contribution is 0.0791. The van der Waals surface area contributed by atoms with Gasteiger partial charge in [0.15, 0.2) is 0 Å². The van der Waals surface area contributed by atoms with Gasteiger partial charge in [-0.25, -0.2) is 4.79 Å². The number of carbonyl (C=O) groups is 1. The molecule has 0 bridgehead atoms. The summed E-state index contributed by atoms with van der Waals surface area (Å²) >= 11 is 0. The summed E-state index contributed by atoms with van der Waals surface area (Å²) in [4.78, 5) is 16.2. The van der Waals surface area contributed by atoms with E-state index in [2.05, 4.69) is 18.5 Å². The van der Waals surface area contributed by atoms with Gasteiger partial charge in [0.05, 0.1) is 0 Å². The van der Waals surface area contributed by atoms with Crippen LogP contribution in [0.25, 0.3) is 0 Å². The minimum Gasteiger partial charge on any atom is -0.445 e. The fourth-order valence-electron chi connectivity index (χ4n) is 2.84. The van der Waals surface area contributed by atoms with Crippen molar-refractivity contribution in [3.05, 3.63) is 48.6 Å². The Morgan fingerprint density at radius 1 is 1.36 bits per heavy atom. The minimum atomic E-state index is -0.193. The quantitative estimate of drug-likeness (QED) is 0.757. The second-order valence-electron chi connectivity index (χ2n) is 5.98. The Hall–Kier alpha value is -1.81. The van der Waals surface area contributed by atoms with E-state index in [0.717, 1.165) is 44.6 Å². The van der Waals surface area contributed by atoms with Gasteiger partial charge in [-0.05, 0) is 31.4 Å². The third-order valence-electron chi connectivity index (χ3n) is 4.09. The van der Waals surface area contributed by atoms with E-state index in [1.165, 1.54) is 0 Å².